The molecule has 0 unspecified atom stereocenters. The van der Waals surface area contributed by atoms with Gasteiger partial charge in [-0.3, -0.25) is 9.69 Å². The summed E-state index contributed by atoms with van der Waals surface area (Å²) in [5.41, 5.74) is 4.46. The molecule has 33 heavy (non-hydrogen) atoms. The van der Waals surface area contributed by atoms with Crippen LogP contribution < -0.4 is 0 Å². The van der Waals surface area contributed by atoms with Gasteiger partial charge in [0.2, 0.25) is 0 Å². The van der Waals surface area contributed by atoms with Gasteiger partial charge in [-0.05, 0) is 29.8 Å². The maximum atomic E-state index is 13.6. The molecule has 166 valence electrons. The van der Waals surface area contributed by atoms with E-state index in [1.54, 1.807) is 4.68 Å². The number of hydrogen-bond donors (Lipinski definition) is 0. The lowest BCUT2D eigenvalue weighted by Crippen LogP contribution is -2.48. The quantitative estimate of drug-likeness (QED) is 0.417. The molecule has 0 aliphatic carbocycles. The van der Waals surface area contributed by atoms with Gasteiger partial charge in [-0.1, -0.05) is 72.3 Å². The molecule has 5 rings (SSSR count). The Balaban J connectivity index is 1.35. The fourth-order valence-corrected chi connectivity index (χ4v) is 4.31. The molecule has 6 heteroatoms. The summed E-state index contributed by atoms with van der Waals surface area (Å²) in [6.07, 6.45) is 1.86. The van der Waals surface area contributed by atoms with Gasteiger partial charge in [0.05, 0.1) is 11.3 Å². The van der Waals surface area contributed by atoms with Crippen molar-refractivity contribution in [3.05, 3.63) is 107 Å². The minimum Gasteiger partial charge on any atom is -0.336 e. The third-order valence-electron chi connectivity index (χ3n) is 5.99. The van der Waals surface area contributed by atoms with Crippen molar-refractivity contribution in [2.45, 2.75) is 6.54 Å². The van der Waals surface area contributed by atoms with Crippen molar-refractivity contribution >= 4 is 17.5 Å². The summed E-state index contributed by atoms with van der Waals surface area (Å²) in [7, 11) is 0. The third kappa shape index (κ3) is 4.85. The van der Waals surface area contributed by atoms with E-state index in [1.807, 2.05) is 83.9 Å². The van der Waals surface area contributed by atoms with Gasteiger partial charge in [-0.15, -0.1) is 0 Å². The second kappa shape index (κ2) is 9.61. The predicted octanol–water partition coefficient (Wildman–Crippen LogP) is 5.15. The van der Waals surface area contributed by atoms with Crippen molar-refractivity contribution < 1.29 is 4.79 Å². The SMILES string of the molecule is O=C(c1cn(-c2ccccc2)nc1-c1ccccc1)N1CCN(Cc2ccc(Cl)cc2)CC1. The van der Waals surface area contributed by atoms with E-state index >= 15 is 0 Å². The largest absolute Gasteiger partial charge is 0.336 e. The van der Waals surface area contributed by atoms with Crippen LogP contribution in [0.5, 0.6) is 0 Å². The van der Waals surface area contributed by atoms with Gasteiger partial charge in [-0.25, -0.2) is 4.68 Å². The molecule has 4 aromatic rings. The zero-order chi connectivity index (χ0) is 22.6. The average molecular weight is 457 g/mol. The summed E-state index contributed by atoms with van der Waals surface area (Å²) >= 11 is 6.00. The minimum absolute atomic E-state index is 0.0298. The maximum Gasteiger partial charge on any atom is 0.257 e. The standard InChI is InChI=1S/C27H25ClN4O/c28-23-13-11-21(12-14-23)19-30-15-17-31(18-16-30)27(33)25-20-32(24-9-5-2-6-10-24)29-26(25)22-7-3-1-4-8-22/h1-14,20H,15-19H2. The van der Waals surface area contributed by atoms with Crippen LogP contribution in [0.3, 0.4) is 0 Å². The number of halogens is 1. The van der Waals surface area contributed by atoms with Crippen LogP contribution in [-0.2, 0) is 6.54 Å². The van der Waals surface area contributed by atoms with Crippen molar-refractivity contribution in [3.8, 4) is 16.9 Å². The molecule has 1 saturated heterocycles. The van der Waals surface area contributed by atoms with E-state index in [1.165, 1.54) is 5.56 Å². The Labute approximate surface area is 198 Å². The second-order valence-corrected chi connectivity index (χ2v) is 8.67. The number of piperazine rings is 1. The van der Waals surface area contributed by atoms with E-state index in [0.29, 0.717) is 24.3 Å². The Kier molecular flexibility index (Phi) is 6.24. The van der Waals surface area contributed by atoms with Gasteiger partial charge in [-0.2, -0.15) is 5.10 Å². The molecule has 0 radical (unpaired) electrons. The highest BCUT2D eigenvalue weighted by Crippen LogP contribution is 2.25. The van der Waals surface area contributed by atoms with Crippen molar-refractivity contribution in [1.29, 1.82) is 0 Å². The highest BCUT2D eigenvalue weighted by Gasteiger charge is 2.26. The molecule has 1 fully saturated rings. The summed E-state index contributed by atoms with van der Waals surface area (Å²) < 4.78 is 1.80. The first kappa shape index (κ1) is 21.4. The molecule has 0 spiro atoms. The average Bonchev–Trinajstić information content (AvgIpc) is 3.32. The Morgan fingerprint density at radius 3 is 2.12 bits per heavy atom. The van der Waals surface area contributed by atoms with Gasteiger partial charge in [0.15, 0.2) is 0 Å². The molecule has 2 heterocycles. The number of nitrogens with zero attached hydrogens (tertiary/aromatic N) is 4. The minimum atomic E-state index is 0.0298. The molecule has 1 aliphatic heterocycles. The van der Waals surface area contributed by atoms with Crippen LogP contribution >= 0.6 is 11.6 Å². The number of hydrogen-bond acceptors (Lipinski definition) is 3. The van der Waals surface area contributed by atoms with Gasteiger partial charge in [0.1, 0.15) is 5.69 Å². The summed E-state index contributed by atoms with van der Waals surface area (Å²) in [5, 5.41) is 5.54. The van der Waals surface area contributed by atoms with E-state index in [4.69, 9.17) is 16.7 Å². The van der Waals surface area contributed by atoms with Crippen LogP contribution in [0.2, 0.25) is 5.02 Å². The number of aromatic nitrogens is 2. The number of amides is 1. The van der Waals surface area contributed by atoms with Gasteiger partial charge < -0.3 is 4.90 Å². The smallest absolute Gasteiger partial charge is 0.257 e. The number of rotatable bonds is 5. The summed E-state index contributed by atoms with van der Waals surface area (Å²) in [4.78, 5) is 17.9. The zero-order valence-electron chi connectivity index (χ0n) is 18.3. The van der Waals surface area contributed by atoms with Crippen molar-refractivity contribution in [1.82, 2.24) is 19.6 Å². The molecule has 3 aromatic carbocycles. The van der Waals surface area contributed by atoms with Crippen molar-refractivity contribution in [2.75, 3.05) is 26.2 Å². The van der Waals surface area contributed by atoms with Crippen LogP contribution in [0.1, 0.15) is 15.9 Å². The zero-order valence-corrected chi connectivity index (χ0v) is 19.0. The first-order valence-electron chi connectivity index (χ1n) is 11.1. The van der Waals surface area contributed by atoms with Crippen LogP contribution in [0.25, 0.3) is 16.9 Å². The number of carbonyl (C=O) groups excluding carboxylic acids is 1. The summed E-state index contributed by atoms with van der Waals surface area (Å²) in [6, 6.07) is 27.8. The lowest BCUT2D eigenvalue weighted by atomic mass is 10.1. The van der Waals surface area contributed by atoms with Gasteiger partial charge in [0, 0.05) is 49.5 Å². The Morgan fingerprint density at radius 2 is 1.45 bits per heavy atom. The first-order valence-corrected chi connectivity index (χ1v) is 11.5. The van der Waals surface area contributed by atoms with E-state index < -0.39 is 0 Å². The molecule has 1 amide bonds. The Hall–Kier alpha value is -3.41. The van der Waals surface area contributed by atoms with Gasteiger partial charge >= 0.3 is 0 Å². The van der Waals surface area contributed by atoms with Crippen LogP contribution in [0.4, 0.5) is 0 Å². The number of benzene rings is 3. The van der Waals surface area contributed by atoms with E-state index in [-0.39, 0.29) is 5.91 Å². The van der Waals surface area contributed by atoms with Crippen LogP contribution in [0.15, 0.2) is 91.1 Å². The molecular formula is C27H25ClN4O. The maximum absolute atomic E-state index is 13.6. The molecule has 5 nitrogen and oxygen atoms in total. The summed E-state index contributed by atoms with van der Waals surface area (Å²) in [5.74, 6) is 0.0298. The number of para-hydroxylation sites is 1. The monoisotopic (exact) mass is 456 g/mol. The number of carbonyl (C=O) groups is 1. The molecule has 0 bridgehead atoms. The summed E-state index contributed by atoms with van der Waals surface area (Å²) in [6.45, 7) is 3.92. The van der Waals surface area contributed by atoms with Crippen LogP contribution in [0, 0.1) is 0 Å². The molecule has 0 N–H and O–H groups in total. The van der Waals surface area contributed by atoms with Crippen LogP contribution in [-0.4, -0.2) is 51.7 Å². The molecule has 0 saturated carbocycles. The Bertz CT molecular complexity index is 1210. The van der Waals surface area contributed by atoms with Crippen molar-refractivity contribution in [3.63, 3.8) is 0 Å². The normalized spacial score (nSPS) is 14.4. The molecule has 1 aromatic heterocycles. The predicted molar refractivity (Wildman–Crippen MR) is 132 cm³/mol. The third-order valence-corrected chi connectivity index (χ3v) is 6.24. The molecule has 1 aliphatic rings. The van der Waals surface area contributed by atoms with Gasteiger partial charge in [0.25, 0.3) is 5.91 Å². The second-order valence-electron chi connectivity index (χ2n) is 8.23. The first-order chi connectivity index (χ1) is 16.2. The van der Waals surface area contributed by atoms with E-state index in [0.717, 1.165) is 35.9 Å². The molecule has 0 atom stereocenters. The van der Waals surface area contributed by atoms with Crippen molar-refractivity contribution in [2.24, 2.45) is 0 Å². The highest BCUT2D eigenvalue weighted by molar-refractivity contribution is 6.30. The van der Waals surface area contributed by atoms with E-state index in [9.17, 15) is 4.79 Å². The highest BCUT2D eigenvalue weighted by atomic mass is 35.5. The fourth-order valence-electron chi connectivity index (χ4n) is 4.18. The molecular weight excluding hydrogens is 432 g/mol. The fraction of sp³-hybridized carbons (Fsp3) is 0.185. The lowest BCUT2D eigenvalue weighted by Gasteiger charge is -2.34. The van der Waals surface area contributed by atoms with E-state index in [2.05, 4.69) is 17.0 Å². The Morgan fingerprint density at radius 1 is 0.818 bits per heavy atom. The topological polar surface area (TPSA) is 41.4 Å². The lowest BCUT2D eigenvalue weighted by molar-refractivity contribution is 0.0629.